The molecule has 20 heavy (non-hydrogen) atoms. The Balaban J connectivity index is 2.42. The third kappa shape index (κ3) is 1.77. The zero-order valence-electron chi connectivity index (χ0n) is 10.8. The molecule has 0 saturated carbocycles. The van der Waals surface area contributed by atoms with Crippen molar-refractivity contribution in [3.8, 4) is 17.0 Å². The molecule has 0 fully saturated rings. The van der Waals surface area contributed by atoms with Crippen LogP contribution in [0.25, 0.3) is 22.2 Å². The number of aryl methyl sites for hydroxylation is 1. The van der Waals surface area contributed by atoms with Gasteiger partial charge in [0, 0.05) is 18.0 Å². The highest BCUT2D eigenvalue weighted by Crippen LogP contribution is 2.29. The number of nitrogens with zero attached hydrogens (tertiary/aromatic N) is 1. The van der Waals surface area contributed by atoms with Crippen molar-refractivity contribution >= 4 is 10.9 Å². The number of benzene rings is 2. The molecular formula is C16H12FNO2. The van der Waals surface area contributed by atoms with Gasteiger partial charge in [-0.25, -0.2) is 4.39 Å². The highest BCUT2D eigenvalue weighted by atomic mass is 19.1. The summed E-state index contributed by atoms with van der Waals surface area (Å²) in [5, 5.41) is 10.6. The van der Waals surface area contributed by atoms with E-state index in [4.69, 9.17) is 0 Å². The first kappa shape index (κ1) is 12.4. The summed E-state index contributed by atoms with van der Waals surface area (Å²) >= 11 is 0. The lowest BCUT2D eigenvalue weighted by atomic mass is 10.1. The molecule has 0 unspecified atom stereocenters. The van der Waals surface area contributed by atoms with E-state index in [9.17, 15) is 14.3 Å². The molecule has 1 aromatic heterocycles. The van der Waals surface area contributed by atoms with Gasteiger partial charge < -0.3 is 9.67 Å². The molecule has 100 valence electrons. The molecule has 0 aliphatic carbocycles. The van der Waals surface area contributed by atoms with Gasteiger partial charge in [-0.15, -0.1) is 0 Å². The zero-order valence-corrected chi connectivity index (χ0v) is 10.8. The lowest BCUT2D eigenvalue weighted by Crippen LogP contribution is -2.10. The Bertz CT molecular complexity index is 851. The Morgan fingerprint density at radius 1 is 1.05 bits per heavy atom. The number of halogens is 1. The second kappa shape index (κ2) is 4.49. The predicted molar refractivity (Wildman–Crippen MR) is 76.2 cm³/mol. The average Bonchev–Trinajstić information content (AvgIpc) is 2.47. The summed E-state index contributed by atoms with van der Waals surface area (Å²) in [5.41, 5.74) is 1.27. The first-order valence-corrected chi connectivity index (χ1v) is 6.16. The van der Waals surface area contributed by atoms with Crippen molar-refractivity contribution in [3.05, 3.63) is 64.6 Å². The van der Waals surface area contributed by atoms with Crippen molar-refractivity contribution in [3.63, 3.8) is 0 Å². The molecule has 1 N–H and O–H groups in total. The molecule has 1 heterocycles. The van der Waals surface area contributed by atoms with Gasteiger partial charge in [0.25, 0.3) is 0 Å². The van der Waals surface area contributed by atoms with Gasteiger partial charge in [0.15, 0.2) is 5.75 Å². The van der Waals surface area contributed by atoms with Crippen molar-refractivity contribution < 1.29 is 9.50 Å². The van der Waals surface area contributed by atoms with Crippen LogP contribution in [-0.4, -0.2) is 9.67 Å². The van der Waals surface area contributed by atoms with E-state index in [1.54, 1.807) is 35.9 Å². The Morgan fingerprint density at radius 3 is 2.40 bits per heavy atom. The fourth-order valence-corrected chi connectivity index (χ4v) is 2.41. The molecule has 0 bridgehead atoms. The van der Waals surface area contributed by atoms with Crippen molar-refractivity contribution in [1.29, 1.82) is 0 Å². The number of para-hydroxylation sites is 1. The van der Waals surface area contributed by atoms with Gasteiger partial charge in [0.05, 0.1) is 11.2 Å². The van der Waals surface area contributed by atoms with Crippen LogP contribution in [0.3, 0.4) is 0 Å². The monoisotopic (exact) mass is 269 g/mol. The molecule has 3 aromatic rings. The molecule has 0 atom stereocenters. The third-order valence-electron chi connectivity index (χ3n) is 3.40. The van der Waals surface area contributed by atoms with Gasteiger partial charge in [0.1, 0.15) is 5.82 Å². The normalized spacial score (nSPS) is 10.9. The van der Waals surface area contributed by atoms with Gasteiger partial charge in [-0.3, -0.25) is 4.79 Å². The van der Waals surface area contributed by atoms with E-state index in [2.05, 4.69) is 0 Å². The third-order valence-corrected chi connectivity index (χ3v) is 3.40. The highest BCUT2D eigenvalue weighted by Gasteiger charge is 2.15. The number of hydrogen-bond donors (Lipinski definition) is 1. The maximum atomic E-state index is 13.0. The van der Waals surface area contributed by atoms with Crippen LogP contribution in [0, 0.1) is 5.82 Å². The van der Waals surface area contributed by atoms with E-state index < -0.39 is 5.43 Å². The maximum Gasteiger partial charge on any atom is 0.231 e. The average molecular weight is 269 g/mol. The summed E-state index contributed by atoms with van der Waals surface area (Å²) in [6, 6.07) is 12.7. The van der Waals surface area contributed by atoms with E-state index in [0.717, 1.165) is 5.52 Å². The van der Waals surface area contributed by atoms with Gasteiger partial charge in [-0.05, 0) is 36.4 Å². The van der Waals surface area contributed by atoms with Crippen LogP contribution in [0.2, 0.25) is 0 Å². The van der Waals surface area contributed by atoms with Crippen LogP contribution in [-0.2, 0) is 7.05 Å². The molecule has 0 aliphatic heterocycles. The van der Waals surface area contributed by atoms with E-state index in [1.165, 1.54) is 12.1 Å². The highest BCUT2D eigenvalue weighted by molar-refractivity contribution is 5.85. The summed E-state index contributed by atoms with van der Waals surface area (Å²) in [5.74, 6) is -0.683. The lowest BCUT2D eigenvalue weighted by molar-refractivity contribution is 0.468. The van der Waals surface area contributed by atoms with E-state index >= 15 is 0 Å². The minimum absolute atomic E-state index is 0.321. The van der Waals surface area contributed by atoms with E-state index in [-0.39, 0.29) is 11.6 Å². The van der Waals surface area contributed by atoms with Crippen molar-refractivity contribution in [2.45, 2.75) is 0 Å². The summed E-state index contributed by atoms with van der Waals surface area (Å²) in [6.45, 7) is 0. The van der Waals surface area contributed by atoms with Gasteiger partial charge in [-0.1, -0.05) is 12.1 Å². The number of hydrogen-bond acceptors (Lipinski definition) is 2. The molecule has 3 rings (SSSR count). The molecule has 0 aliphatic rings. The van der Waals surface area contributed by atoms with Gasteiger partial charge >= 0.3 is 0 Å². The fraction of sp³-hybridized carbons (Fsp3) is 0.0625. The molecule has 0 radical (unpaired) electrons. The molecule has 0 amide bonds. The molecule has 4 heteroatoms. The molecule has 0 spiro atoms. The molecule has 0 saturated heterocycles. The van der Waals surface area contributed by atoms with Crippen LogP contribution in [0.1, 0.15) is 0 Å². The van der Waals surface area contributed by atoms with E-state index in [1.807, 2.05) is 12.1 Å². The van der Waals surface area contributed by atoms with Crippen molar-refractivity contribution in [1.82, 2.24) is 4.57 Å². The molecule has 3 nitrogen and oxygen atoms in total. The van der Waals surface area contributed by atoms with Crippen LogP contribution >= 0.6 is 0 Å². The topological polar surface area (TPSA) is 42.2 Å². The molecule has 2 aromatic carbocycles. The number of rotatable bonds is 1. The SMILES string of the molecule is Cn1c(-c2ccc(F)cc2)c(O)c(=O)c2ccccc21. The minimum atomic E-state index is -0.418. The lowest BCUT2D eigenvalue weighted by Gasteiger charge is -2.14. The summed E-state index contributed by atoms with van der Waals surface area (Å²) in [7, 11) is 1.76. The number of aromatic hydroxyl groups is 1. The quantitative estimate of drug-likeness (QED) is 0.737. The Morgan fingerprint density at radius 2 is 1.70 bits per heavy atom. The number of fused-ring (bicyclic) bond motifs is 1. The predicted octanol–water partition coefficient (Wildman–Crippen LogP) is 3.05. The number of pyridine rings is 1. The Kier molecular flexibility index (Phi) is 2.79. The number of aromatic nitrogens is 1. The van der Waals surface area contributed by atoms with Gasteiger partial charge in [-0.2, -0.15) is 0 Å². The Labute approximate surface area is 114 Å². The fourth-order valence-electron chi connectivity index (χ4n) is 2.41. The van der Waals surface area contributed by atoms with Gasteiger partial charge in [0.2, 0.25) is 5.43 Å². The summed E-state index contributed by atoms with van der Waals surface area (Å²) in [4.78, 5) is 12.2. The summed E-state index contributed by atoms with van der Waals surface area (Å²) < 4.78 is 14.7. The van der Waals surface area contributed by atoms with Crippen LogP contribution in [0.5, 0.6) is 5.75 Å². The van der Waals surface area contributed by atoms with E-state index in [0.29, 0.717) is 16.6 Å². The second-order valence-electron chi connectivity index (χ2n) is 4.61. The first-order chi connectivity index (χ1) is 9.59. The zero-order chi connectivity index (χ0) is 14.3. The maximum absolute atomic E-state index is 13.0. The largest absolute Gasteiger partial charge is 0.503 e. The minimum Gasteiger partial charge on any atom is -0.503 e. The summed E-state index contributed by atoms with van der Waals surface area (Å²) in [6.07, 6.45) is 0. The Hall–Kier alpha value is -2.62. The standard InChI is InChI=1S/C16H12FNO2/c1-18-13-5-3-2-4-12(13)15(19)16(20)14(18)10-6-8-11(17)9-7-10/h2-9,20H,1H3. The first-order valence-electron chi connectivity index (χ1n) is 6.16. The van der Waals surface area contributed by atoms with Crippen LogP contribution in [0.15, 0.2) is 53.3 Å². The van der Waals surface area contributed by atoms with Crippen LogP contribution < -0.4 is 5.43 Å². The van der Waals surface area contributed by atoms with Crippen molar-refractivity contribution in [2.75, 3.05) is 0 Å². The van der Waals surface area contributed by atoms with Crippen LogP contribution in [0.4, 0.5) is 4.39 Å². The molecular weight excluding hydrogens is 257 g/mol. The second-order valence-corrected chi connectivity index (χ2v) is 4.61. The smallest absolute Gasteiger partial charge is 0.231 e. The van der Waals surface area contributed by atoms with Crippen molar-refractivity contribution in [2.24, 2.45) is 7.05 Å².